The number of para-hydroxylation sites is 1. The molecule has 0 radical (unpaired) electrons. The number of fused-ring (bicyclic) bond motifs is 1. The molecule has 0 saturated heterocycles. The van der Waals surface area contributed by atoms with E-state index in [2.05, 4.69) is 5.32 Å². The molecule has 8 nitrogen and oxygen atoms in total. The Morgan fingerprint density at radius 3 is 2.29 bits per heavy atom. The summed E-state index contributed by atoms with van der Waals surface area (Å²) in [5.41, 5.74) is 1.47. The van der Waals surface area contributed by atoms with E-state index in [1.165, 1.54) is 36.3 Å². The van der Waals surface area contributed by atoms with Crippen molar-refractivity contribution in [3.8, 4) is 5.75 Å². The van der Waals surface area contributed by atoms with Gasteiger partial charge < -0.3 is 15.0 Å². The molecule has 212 valence electrons. The Bertz CT molecular complexity index is 1660. The van der Waals surface area contributed by atoms with Crippen molar-refractivity contribution < 1.29 is 28.3 Å². The summed E-state index contributed by atoms with van der Waals surface area (Å²) < 4.78 is 20.1. The average molecular weight is 586 g/mol. The van der Waals surface area contributed by atoms with Crippen LogP contribution in [0.2, 0.25) is 5.02 Å². The van der Waals surface area contributed by atoms with Crippen LogP contribution in [0.1, 0.15) is 27.5 Å². The molecule has 1 N–H and O–H groups in total. The molecule has 3 amide bonds. The molecule has 10 heteroatoms. The number of Topliss-reactive ketones (excluding diaryl/α,β-unsaturated/α-hetero) is 1. The Hall–Kier alpha value is -5.02. The van der Waals surface area contributed by atoms with Crippen molar-refractivity contribution in [2.24, 2.45) is 0 Å². The van der Waals surface area contributed by atoms with E-state index in [4.69, 9.17) is 16.3 Å². The number of amides is 3. The third-order valence-corrected chi connectivity index (χ3v) is 7.15. The monoisotopic (exact) mass is 585 g/mol. The zero-order chi connectivity index (χ0) is 29.8. The summed E-state index contributed by atoms with van der Waals surface area (Å²) in [5.74, 6) is -2.84. The molecule has 5 rings (SSSR count). The third kappa shape index (κ3) is 5.87. The summed E-state index contributed by atoms with van der Waals surface area (Å²) in [6.45, 7) is -0.845. The summed E-state index contributed by atoms with van der Waals surface area (Å²) in [7, 11) is 1.52. The van der Waals surface area contributed by atoms with Crippen molar-refractivity contribution in [2.75, 3.05) is 23.9 Å². The van der Waals surface area contributed by atoms with E-state index in [-0.39, 0.29) is 23.4 Å². The van der Waals surface area contributed by atoms with E-state index < -0.39 is 41.9 Å². The molecule has 1 aliphatic heterocycles. The highest BCUT2D eigenvalue weighted by molar-refractivity contribution is 6.52. The zero-order valence-corrected chi connectivity index (χ0v) is 23.2. The van der Waals surface area contributed by atoms with E-state index in [9.17, 15) is 23.6 Å². The maximum Gasteiger partial charge on any atom is 0.299 e. The Morgan fingerprint density at radius 1 is 0.929 bits per heavy atom. The van der Waals surface area contributed by atoms with Crippen LogP contribution in [0.4, 0.5) is 15.8 Å². The molecule has 4 aromatic rings. The average Bonchev–Trinajstić information content (AvgIpc) is 3.24. The Morgan fingerprint density at radius 2 is 1.60 bits per heavy atom. The van der Waals surface area contributed by atoms with Gasteiger partial charge in [-0.2, -0.15) is 0 Å². The van der Waals surface area contributed by atoms with Crippen LogP contribution in [0, 0.1) is 5.82 Å². The van der Waals surface area contributed by atoms with E-state index in [0.717, 1.165) is 4.90 Å². The predicted octanol–water partition coefficient (Wildman–Crippen LogP) is 5.43. The fourth-order valence-corrected chi connectivity index (χ4v) is 4.89. The SMILES string of the molecule is COc1ccc(NC(=O)[C@@H](c2ccc(Cl)cc2)N(Cc2ccccc2F)C(=O)CN2C(=O)C(=O)c3ccccc32)cc1. The molecule has 0 saturated carbocycles. The van der Waals surface area contributed by atoms with Gasteiger partial charge in [0.15, 0.2) is 0 Å². The van der Waals surface area contributed by atoms with Gasteiger partial charge in [-0.05, 0) is 60.2 Å². The number of hydrogen-bond donors (Lipinski definition) is 1. The van der Waals surface area contributed by atoms with Crippen LogP contribution < -0.4 is 15.0 Å². The Balaban J connectivity index is 1.55. The Kier molecular flexibility index (Phi) is 8.31. The van der Waals surface area contributed by atoms with Crippen molar-refractivity contribution in [3.05, 3.63) is 125 Å². The number of halogens is 2. The predicted molar refractivity (Wildman–Crippen MR) is 156 cm³/mol. The second kappa shape index (κ2) is 12.2. The Labute approximate surface area is 246 Å². The molecule has 0 unspecified atom stereocenters. The molecule has 1 heterocycles. The van der Waals surface area contributed by atoms with Crippen LogP contribution in [0.5, 0.6) is 5.75 Å². The van der Waals surface area contributed by atoms with Gasteiger partial charge in [-0.25, -0.2) is 4.39 Å². The van der Waals surface area contributed by atoms with Crippen molar-refractivity contribution in [1.82, 2.24) is 4.90 Å². The number of methoxy groups -OCH3 is 1. The molecule has 0 aliphatic carbocycles. The molecule has 4 aromatic carbocycles. The second-order valence-electron chi connectivity index (χ2n) is 9.52. The summed E-state index contributed by atoms with van der Waals surface area (Å²) in [6, 6.07) is 24.0. The van der Waals surface area contributed by atoms with Crippen molar-refractivity contribution in [3.63, 3.8) is 0 Å². The first-order valence-electron chi connectivity index (χ1n) is 13.0. The zero-order valence-electron chi connectivity index (χ0n) is 22.4. The van der Waals surface area contributed by atoms with E-state index in [0.29, 0.717) is 22.0 Å². The number of nitrogens with zero attached hydrogens (tertiary/aromatic N) is 2. The van der Waals surface area contributed by atoms with E-state index in [1.54, 1.807) is 72.8 Å². The number of ether oxygens (including phenoxy) is 1. The van der Waals surface area contributed by atoms with Gasteiger partial charge in [-0.15, -0.1) is 0 Å². The van der Waals surface area contributed by atoms with E-state index in [1.807, 2.05) is 0 Å². The van der Waals surface area contributed by atoms with Crippen molar-refractivity contribution in [1.29, 1.82) is 0 Å². The summed E-state index contributed by atoms with van der Waals surface area (Å²) in [6.07, 6.45) is 0. The van der Waals surface area contributed by atoms with E-state index >= 15 is 0 Å². The molecule has 42 heavy (non-hydrogen) atoms. The van der Waals surface area contributed by atoms with Gasteiger partial charge in [0.05, 0.1) is 18.4 Å². The number of hydrogen-bond acceptors (Lipinski definition) is 5. The van der Waals surface area contributed by atoms with Gasteiger partial charge in [0, 0.05) is 22.8 Å². The van der Waals surface area contributed by atoms with Gasteiger partial charge in [0.2, 0.25) is 5.91 Å². The standard InChI is InChI=1S/C32H25ClFN3O5/c1-42-24-16-14-23(15-17-24)35-31(40)29(20-10-12-22(33)13-11-20)37(18-21-6-2-4-8-26(21)34)28(38)19-36-27-9-5-3-7-25(27)30(39)32(36)41/h2-17,29H,18-19H2,1H3,(H,35,40)/t29-/m1/s1. The normalized spacial score (nSPS) is 13.0. The lowest BCUT2D eigenvalue weighted by atomic mass is 10.0. The highest BCUT2D eigenvalue weighted by Crippen LogP contribution is 2.31. The number of anilines is 2. The minimum absolute atomic E-state index is 0.159. The lowest BCUT2D eigenvalue weighted by molar-refractivity contribution is -0.139. The van der Waals surface area contributed by atoms with Crippen LogP contribution in [0.15, 0.2) is 97.1 Å². The van der Waals surface area contributed by atoms with Crippen molar-refractivity contribution >= 4 is 46.5 Å². The molecular weight excluding hydrogens is 561 g/mol. The molecule has 0 bridgehead atoms. The maximum atomic E-state index is 14.9. The minimum atomic E-state index is -1.26. The molecule has 0 spiro atoms. The molecular formula is C32H25ClFN3O5. The highest BCUT2D eigenvalue weighted by atomic mass is 35.5. The fourth-order valence-electron chi connectivity index (χ4n) is 4.77. The van der Waals surface area contributed by atoms with Crippen LogP contribution in [-0.4, -0.2) is 42.1 Å². The lowest BCUT2D eigenvalue weighted by Crippen LogP contribution is -2.46. The van der Waals surface area contributed by atoms with Gasteiger partial charge in [-0.3, -0.25) is 24.1 Å². The topological polar surface area (TPSA) is 96.0 Å². The first kappa shape index (κ1) is 28.5. The number of rotatable bonds is 9. The van der Waals surface area contributed by atoms with Gasteiger partial charge >= 0.3 is 0 Å². The van der Waals surface area contributed by atoms with Crippen molar-refractivity contribution in [2.45, 2.75) is 12.6 Å². The largest absolute Gasteiger partial charge is 0.497 e. The van der Waals surface area contributed by atoms with Gasteiger partial charge in [0.25, 0.3) is 17.6 Å². The minimum Gasteiger partial charge on any atom is -0.497 e. The fraction of sp³-hybridized carbons (Fsp3) is 0.125. The van der Waals surface area contributed by atoms with Crippen LogP contribution in [0.25, 0.3) is 0 Å². The first-order chi connectivity index (χ1) is 20.3. The lowest BCUT2D eigenvalue weighted by Gasteiger charge is -2.33. The number of nitrogens with one attached hydrogen (secondary N) is 1. The molecule has 1 aliphatic rings. The highest BCUT2D eigenvalue weighted by Gasteiger charge is 2.39. The van der Waals surface area contributed by atoms with Gasteiger partial charge in [-0.1, -0.05) is 54.1 Å². The number of carbonyl (C=O) groups excluding carboxylic acids is 4. The van der Waals surface area contributed by atoms with Gasteiger partial charge in [0.1, 0.15) is 24.2 Å². The van der Waals surface area contributed by atoms with Crippen LogP contribution >= 0.6 is 11.6 Å². The molecule has 1 atom stereocenters. The summed E-state index contributed by atoms with van der Waals surface area (Å²) in [4.78, 5) is 55.7. The smallest absolute Gasteiger partial charge is 0.299 e. The summed E-state index contributed by atoms with van der Waals surface area (Å²) >= 11 is 6.12. The number of ketones is 1. The van der Waals surface area contributed by atoms with Crippen LogP contribution in [-0.2, 0) is 20.9 Å². The van der Waals surface area contributed by atoms with Crippen LogP contribution in [0.3, 0.4) is 0 Å². The maximum absolute atomic E-state index is 14.9. The quantitative estimate of drug-likeness (QED) is 0.264. The second-order valence-corrected chi connectivity index (χ2v) is 9.96. The number of carbonyl (C=O) groups is 4. The first-order valence-corrected chi connectivity index (χ1v) is 13.3. The third-order valence-electron chi connectivity index (χ3n) is 6.89. The number of benzene rings is 4. The molecule has 0 aromatic heterocycles. The summed E-state index contributed by atoms with van der Waals surface area (Å²) in [5, 5.41) is 3.23. The molecule has 0 fully saturated rings.